The fraction of sp³-hybridized carbons (Fsp3) is 0.375. The van der Waals surface area contributed by atoms with Gasteiger partial charge in [0.2, 0.25) is 5.78 Å². The number of rotatable bonds is 3. The summed E-state index contributed by atoms with van der Waals surface area (Å²) in [4.78, 5) is 44.2. The molecule has 1 unspecified atom stereocenters. The number of nitrogens with zero attached hydrogens (tertiary/aromatic N) is 3. The summed E-state index contributed by atoms with van der Waals surface area (Å²) in [6.45, 7) is 1.75. The number of aliphatic imine (C=N–C) groups is 1. The van der Waals surface area contributed by atoms with Crippen LogP contribution in [0, 0.1) is 0 Å². The second kappa shape index (κ2) is 5.63. The molecule has 0 aromatic heterocycles. The summed E-state index contributed by atoms with van der Waals surface area (Å²) in [5.74, 6) is -0.633. The summed E-state index contributed by atoms with van der Waals surface area (Å²) in [5.41, 5.74) is -1.02. The van der Waals surface area contributed by atoms with Crippen molar-refractivity contribution in [2.45, 2.75) is 18.9 Å². The van der Waals surface area contributed by atoms with Gasteiger partial charge in [0.05, 0.1) is 18.7 Å². The minimum absolute atomic E-state index is 0.120. The third kappa shape index (κ3) is 2.14. The van der Waals surface area contributed by atoms with Crippen molar-refractivity contribution in [3.8, 4) is 0 Å². The number of hydrogen-bond donors (Lipinski definition) is 0. The normalized spacial score (nSPS) is 24.6. The van der Waals surface area contributed by atoms with Gasteiger partial charge in [0, 0.05) is 20.3 Å². The molecule has 24 heavy (non-hydrogen) atoms. The number of amidine groups is 1. The highest BCUT2D eigenvalue weighted by atomic mass is 16.7. The minimum atomic E-state index is -1.32. The summed E-state index contributed by atoms with van der Waals surface area (Å²) in [6.07, 6.45) is 5.76. The minimum Gasteiger partial charge on any atom is -0.434 e. The van der Waals surface area contributed by atoms with Crippen molar-refractivity contribution < 1.29 is 23.9 Å². The van der Waals surface area contributed by atoms with Gasteiger partial charge in [0.25, 0.3) is 5.91 Å². The zero-order valence-electron chi connectivity index (χ0n) is 13.6. The number of carbonyl (C=O) groups is 3. The second-order valence-electron chi connectivity index (χ2n) is 5.66. The van der Waals surface area contributed by atoms with Gasteiger partial charge in [0.15, 0.2) is 11.3 Å². The maximum atomic E-state index is 12.7. The lowest BCUT2D eigenvalue weighted by molar-refractivity contribution is -0.127. The summed E-state index contributed by atoms with van der Waals surface area (Å²) in [6, 6.07) is 0. The highest BCUT2D eigenvalue weighted by Crippen LogP contribution is 2.44. The number of ketones is 1. The Hall–Kier alpha value is -2.90. The van der Waals surface area contributed by atoms with Crippen LogP contribution in [0.2, 0.25) is 0 Å². The number of hydrogen-bond acceptors (Lipinski definition) is 7. The highest BCUT2D eigenvalue weighted by molar-refractivity contribution is 6.18. The fourth-order valence-electron chi connectivity index (χ4n) is 3.15. The average Bonchev–Trinajstić information content (AvgIpc) is 2.96. The predicted octanol–water partition coefficient (Wildman–Crippen LogP) is 0.969. The lowest BCUT2D eigenvalue weighted by atomic mass is 9.92. The highest BCUT2D eigenvalue weighted by Gasteiger charge is 2.60. The first-order valence-electron chi connectivity index (χ1n) is 7.49. The van der Waals surface area contributed by atoms with E-state index < -0.39 is 23.4 Å². The van der Waals surface area contributed by atoms with Crippen molar-refractivity contribution >= 4 is 23.7 Å². The quantitative estimate of drug-likeness (QED) is 0.712. The van der Waals surface area contributed by atoms with Crippen LogP contribution < -0.4 is 0 Å². The summed E-state index contributed by atoms with van der Waals surface area (Å²) < 4.78 is 9.85. The molecule has 2 heterocycles. The molecule has 1 amide bonds. The van der Waals surface area contributed by atoms with Gasteiger partial charge >= 0.3 is 6.16 Å². The van der Waals surface area contributed by atoms with E-state index in [-0.39, 0.29) is 18.8 Å². The monoisotopic (exact) mass is 331 g/mol. The Morgan fingerprint density at radius 1 is 1.38 bits per heavy atom. The van der Waals surface area contributed by atoms with Gasteiger partial charge in [0.1, 0.15) is 5.84 Å². The molecular formula is C16H17N3O5. The van der Waals surface area contributed by atoms with Gasteiger partial charge < -0.3 is 19.3 Å². The molecule has 0 bridgehead atoms. The molecule has 8 nitrogen and oxygen atoms in total. The maximum absolute atomic E-state index is 12.7. The Labute approximate surface area is 138 Å². The van der Waals surface area contributed by atoms with Crippen molar-refractivity contribution in [2.75, 3.05) is 20.7 Å². The zero-order valence-corrected chi connectivity index (χ0v) is 13.6. The average molecular weight is 331 g/mol. The first-order valence-corrected chi connectivity index (χ1v) is 7.49. The SMILES string of the molecule is CCOC(=O)OC1=C(N(C)C)C2(CC1=O)C(=O)N=C1C=CC=CN12. The van der Waals surface area contributed by atoms with Gasteiger partial charge in [-0.25, -0.2) is 4.79 Å². The van der Waals surface area contributed by atoms with E-state index in [9.17, 15) is 14.4 Å². The van der Waals surface area contributed by atoms with E-state index in [1.165, 1.54) is 0 Å². The van der Waals surface area contributed by atoms with Gasteiger partial charge in [-0.3, -0.25) is 9.59 Å². The fourth-order valence-corrected chi connectivity index (χ4v) is 3.15. The number of ether oxygens (including phenoxy) is 2. The number of allylic oxidation sites excluding steroid dienone is 3. The third-order valence-electron chi connectivity index (χ3n) is 3.99. The van der Waals surface area contributed by atoms with Crippen LogP contribution in [0.4, 0.5) is 4.79 Å². The lowest BCUT2D eigenvalue weighted by Gasteiger charge is -2.37. The topological polar surface area (TPSA) is 88.5 Å². The van der Waals surface area contributed by atoms with E-state index in [4.69, 9.17) is 9.47 Å². The summed E-state index contributed by atoms with van der Waals surface area (Å²) in [5, 5.41) is 0. The van der Waals surface area contributed by atoms with E-state index in [1.807, 2.05) is 0 Å². The van der Waals surface area contributed by atoms with E-state index in [0.717, 1.165) is 0 Å². The second-order valence-corrected chi connectivity index (χ2v) is 5.66. The molecule has 3 aliphatic rings. The Bertz CT molecular complexity index is 747. The number of likely N-dealkylation sites (N-methyl/N-ethyl adjacent to an activating group) is 1. The van der Waals surface area contributed by atoms with Gasteiger partial charge in [-0.1, -0.05) is 6.08 Å². The molecule has 0 aromatic carbocycles. The van der Waals surface area contributed by atoms with Crippen molar-refractivity contribution in [1.82, 2.24) is 9.80 Å². The number of fused-ring (bicyclic) bond motifs is 2. The molecule has 1 atom stereocenters. The molecule has 0 saturated heterocycles. The van der Waals surface area contributed by atoms with Crippen LogP contribution in [-0.2, 0) is 19.1 Å². The summed E-state index contributed by atoms with van der Waals surface area (Å²) in [7, 11) is 3.36. The first kappa shape index (κ1) is 16.0. The van der Waals surface area contributed by atoms with Gasteiger partial charge in [-0.15, -0.1) is 0 Å². The number of carbonyl (C=O) groups excluding carboxylic acids is 3. The first-order chi connectivity index (χ1) is 11.4. The Balaban J connectivity index is 2.09. The van der Waals surface area contributed by atoms with Crippen LogP contribution in [0.1, 0.15) is 13.3 Å². The van der Waals surface area contributed by atoms with Crippen LogP contribution in [0.5, 0.6) is 0 Å². The Morgan fingerprint density at radius 2 is 2.12 bits per heavy atom. The Kier molecular flexibility index (Phi) is 3.75. The van der Waals surface area contributed by atoms with Crippen LogP contribution in [0.3, 0.4) is 0 Å². The van der Waals surface area contributed by atoms with Crippen molar-refractivity contribution in [3.05, 3.63) is 35.9 Å². The Morgan fingerprint density at radius 3 is 2.79 bits per heavy atom. The lowest BCUT2D eigenvalue weighted by Crippen LogP contribution is -2.52. The van der Waals surface area contributed by atoms with Gasteiger partial charge in [-0.2, -0.15) is 4.99 Å². The number of amides is 1. The number of Topliss-reactive ketones (excluding diaryl/α,β-unsaturated/α-hetero) is 1. The van der Waals surface area contributed by atoms with Crippen molar-refractivity contribution in [2.24, 2.45) is 4.99 Å². The standard InChI is InChI=1S/C16H17N3O5/c1-4-23-15(22)24-12-10(20)9-16(13(12)18(2)3)14(21)17-11-7-5-6-8-19(11)16/h5-8H,4,9H2,1-3H3. The molecule has 2 aliphatic heterocycles. The molecule has 1 spiro atoms. The molecule has 8 heteroatoms. The maximum Gasteiger partial charge on any atom is 0.514 e. The molecule has 126 valence electrons. The third-order valence-corrected chi connectivity index (χ3v) is 3.99. The van der Waals surface area contributed by atoms with E-state index in [2.05, 4.69) is 4.99 Å². The zero-order chi connectivity index (χ0) is 17.5. The largest absolute Gasteiger partial charge is 0.514 e. The molecule has 0 radical (unpaired) electrons. The van der Waals surface area contributed by atoms with Crippen LogP contribution in [0.15, 0.2) is 40.9 Å². The van der Waals surface area contributed by atoms with E-state index in [0.29, 0.717) is 11.5 Å². The van der Waals surface area contributed by atoms with Crippen molar-refractivity contribution in [3.63, 3.8) is 0 Å². The smallest absolute Gasteiger partial charge is 0.434 e. The molecule has 0 saturated carbocycles. The molecule has 0 aromatic rings. The van der Waals surface area contributed by atoms with Gasteiger partial charge in [-0.05, 0) is 19.1 Å². The summed E-state index contributed by atoms with van der Waals surface area (Å²) >= 11 is 0. The molecule has 3 rings (SSSR count). The van der Waals surface area contributed by atoms with Crippen LogP contribution >= 0.6 is 0 Å². The van der Waals surface area contributed by atoms with Crippen molar-refractivity contribution in [1.29, 1.82) is 0 Å². The van der Waals surface area contributed by atoms with Crippen LogP contribution in [-0.4, -0.2) is 59.7 Å². The molecular weight excluding hydrogens is 314 g/mol. The van der Waals surface area contributed by atoms with E-state index >= 15 is 0 Å². The molecule has 0 fully saturated rings. The molecule has 1 aliphatic carbocycles. The van der Waals surface area contributed by atoms with E-state index in [1.54, 1.807) is 55.2 Å². The molecule has 0 N–H and O–H groups in total. The van der Waals surface area contributed by atoms with Crippen LogP contribution in [0.25, 0.3) is 0 Å². The predicted molar refractivity (Wildman–Crippen MR) is 83.7 cm³/mol.